The fourth-order valence-corrected chi connectivity index (χ4v) is 3.08. The zero-order valence-corrected chi connectivity index (χ0v) is 16.2. The molecule has 0 atom stereocenters. The van der Waals surface area contributed by atoms with Crippen LogP contribution in [0.2, 0.25) is 5.02 Å². The van der Waals surface area contributed by atoms with Crippen LogP contribution < -0.4 is 10.6 Å². The lowest BCUT2D eigenvalue weighted by atomic mass is 10.2. The molecule has 4 N–H and O–H groups in total. The number of nitrogens with zero attached hydrogens (tertiary/aromatic N) is 2. The quantitative estimate of drug-likeness (QED) is 0.298. The number of halogens is 1. The average molecular weight is 407 g/mol. The molecule has 2 aromatic heterocycles. The summed E-state index contributed by atoms with van der Waals surface area (Å²) in [6, 6.07) is 14.7. The Balaban J connectivity index is 1.52. The first kappa shape index (κ1) is 18.8. The van der Waals surface area contributed by atoms with Gasteiger partial charge < -0.3 is 15.3 Å². The van der Waals surface area contributed by atoms with Gasteiger partial charge in [0.2, 0.25) is 5.96 Å². The second-order valence-corrected chi connectivity index (χ2v) is 6.86. The van der Waals surface area contributed by atoms with Crippen LogP contribution in [0.15, 0.2) is 72.2 Å². The van der Waals surface area contributed by atoms with Gasteiger partial charge in [-0.15, -0.1) is 0 Å². The average Bonchev–Trinajstić information content (AvgIpc) is 3.39. The number of aliphatic imine (C=N–C) groups is 1. The normalized spacial score (nSPS) is 11.6. The minimum atomic E-state index is -0.291. The van der Waals surface area contributed by atoms with Crippen molar-refractivity contribution in [3.63, 3.8) is 0 Å². The van der Waals surface area contributed by atoms with Gasteiger partial charge in [-0.05, 0) is 41.8 Å². The van der Waals surface area contributed by atoms with Crippen molar-refractivity contribution in [3.05, 3.63) is 83.5 Å². The van der Waals surface area contributed by atoms with Crippen LogP contribution in [0.25, 0.3) is 10.9 Å². The summed E-state index contributed by atoms with van der Waals surface area (Å²) in [5.41, 5.74) is 3.24. The van der Waals surface area contributed by atoms with Gasteiger partial charge in [-0.1, -0.05) is 23.7 Å². The summed E-state index contributed by atoms with van der Waals surface area (Å²) < 4.78 is 0. The molecule has 0 saturated carbocycles. The largest absolute Gasteiger partial charge is 0.361 e. The second kappa shape index (κ2) is 8.62. The Morgan fingerprint density at radius 2 is 2.07 bits per heavy atom. The molecule has 0 radical (unpaired) electrons. The van der Waals surface area contributed by atoms with E-state index in [1.54, 1.807) is 36.8 Å². The molecule has 0 spiro atoms. The first-order valence-electron chi connectivity index (χ1n) is 9.10. The molecular formula is C21H19ClN6O. The van der Waals surface area contributed by atoms with Gasteiger partial charge in [-0.2, -0.15) is 0 Å². The number of H-pyrrole nitrogens is 2. The van der Waals surface area contributed by atoms with E-state index in [1.165, 1.54) is 0 Å². The summed E-state index contributed by atoms with van der Waals surface area (Å²) in [7, 11) is 0. The van der Waals surface area contributed by atoms with E-state index in [0.717, 1.165) is 22.3 Å². The van der Waals surface area contributed by atoms with Gasteiger partial charge in [0.15, 0.2) is 0 Å². The van der Waals surface area contributed by atoms with Gasteiger partial charge in [0.05, 0.1) is 6.33 Å². The molecule has 4 aromatic rings. The Bertz CT molecular complexity index is 1150. The standard InChI is InChI=1S/C21H19ClN6O/c22-16-3-1-2-15(10-16)20(29)28-21(25-9-7-18-12-23-13-26-18)27-17-5-4-14-6-8-24-19(14)11-17/h1-6,8,10-13,24H,7,9H2,(H,23,26)(H2,25,27,28,29). The van der Waals surface area contributed by atoms with Crippen LogP contribution in [-0.2, 0) is 6.42 Å². The number of anilines is 1. The molecule has 7 nitrogen and oxygen atoms in total. The number of hydrogen-bond acceptors (Lipinski definition) is 3. The fraction of sp³-hybridized carbons (Fsp3) is 0.0952. The third kappa shape index (κ3) is 4.83. The highest BCUT2D eigenvalue weighted by molar-refractivity contribution is 6.31. The number of imidazole rings is 1. The lowest BCUT2D eigenvalue weighted by molar-refractivity contribution is 0.0977. The number of aromatic amines is 2. The molecule has 0 saturated heterocycles. The third-order valence-corrected chi connectivity index (χ3v) is 4.58. The van der Waals surface area contributed by atoms with Crippen molar-refractivity contribution >= 4 is 40.1 Å². The highest BCUT2D eigenvalue weighted by Gasteiger charge is 2.10. The van der Waals surface area contributed by atoms with Crippen molar-refractivity contribution in [1.29, 1.82) is 0 Å². The Morgan fingerprint density at radius 3 is 2.90 bits per heavy atom. The topological polar surface area (TPSA) is 98.0 Å². The molecule has 2 heterocycles. The maximum atomic E-state index is 12.6. The number of carbonyl (C=O) groups is 1. The number of rotatable bonds is 5. The number of benzene rings is 2. The van der Waals surface area contributed by atoms with Crippen LogP contribution >= 0.6 is 11.6 Å². The summed E-state index contributed by atoms with van der Waals surface area (Å²) in [6.45, 7) is 0.477. The lowest BCUT2D eigenvalue weighted by Crippen LogP contribution is -2.36. The zero-order valence-electron chi connectivity index (χ0n) is 15.4. The van der Waals surface area contributed by atoms with Crippen molar-refractivity contribution in [1.82, 2.24) is 20.3 Å². The molecule has 0 aliphatic heterocycles. The van der Waals surface area contributed by atoms with E-state index in [4.69, 9.17) is 11.6 Å². The zero-order chi connectivity index (χ0) is 20.1. The number of nitrogens with one attached hydrogen (secondary N) is 4. The Morgan fingerprint density at radius 1 is 1.14 bits per heavy atom. The molecule has 146 valence electrons. The Kier molecular flexibility index (Phi) is 5.58. The first-order valence-corrected chi connectivity index (χ1v) is 9.48. The summed E-state index contributed by atoms with van der Waals surface area (Å²) in [4.78, 5) is 27.4. The molecule has 0 bridgehead atoms. The molecule has 0 fully saturated rings. The van der Waals surface area contributed by atoms with Crippen LogP contribution in [0.4, 0.5) is 5.69 Å². The van der Waals surface area contributed by atoms with Crippen molar-refractivity contribution in [2.75, 3.05) is 11.9 Å². The van der Waals surface area contributed by atoms with Crippen LogP contribution in [0.3, 0.4) is 0 Å². The third-order valence-electron chi connectivity index (χ3n) is 4.34. The molecule has 29 heavy (non-hydrogen) atoms. The molecule has 2 aromatic carbocycles. The molecular weight excluding hydrogens is 388 g/mol. The summed E-state index contributed by atoms with van der Waals surface area (Å²) in [5.74, 6) is 0.0710. The highest BCUT2D eigenvalue weighted by Crippen LogP contribution is 2.17. The molecule has 4 rings (SSSR count). The summed E-state index contributed by atoms with van der Waals surface area (Å²) in [5, 5.41) is 7.64. The van der Waals surface area contributed by atoms with Crippen LogP contribution in [0, 0.1) is 0 Å². The minimum absolute atomic E-state index is 0.291. The molecule has 8 heteroatoms. The van der Waals surface area contributed by atoms with E-state index in [2.05, 4.69) is 30.6 Å². The molecule has 0 aliphatic carbocycles. The second-order valence-electron chi connectivity index (χ2n) is 6.43. The number of carbonyl (C=O) groups excluding carboxylic acids is 1. The maximum Gasteiger partial charge on any atom is 0.258 e. The first-order chi connectivity index (χ1) is 14.2. The number of hydrogen-bond donors (Lipinski definition) is 4. The number of amides is 1. The fourth-order valence-electron chi connectivity index (χ4n) is 2.89. The van der Waals surface area contributed by atoms with Gasteiger partial charge in [-0.25, -0.2) is 4.98 Å². The van der Waals surface area contributed by atoms with E-state index < -0.39 is 0 Å². The van der Waals surface area contributed by atoms with Crippen LogP contribution in [0.5, 0.6) is 0 Å². The highest BCUT2D eigenvalue weighted by atomic mass is 35.5. The monoisotopic (exact) mass is 406 g/mol. The van der Waals surface area contributed by atoms with E-state index in [1.807, 2.05) is 30.5 Å². The van der Waals surface area contributed by atoms with Crippen molar-refractivity contribution in [2.45, 2.75) is 6.42 Å². The molecule has 1 amide bonds. The Hall–Kier alpha value is -3.58. The minimum Gasteiger partial charge on any atom is -0.361 e. The van der Waals surface area contributed by atoms with Gasteiger partial charge in [-0.3, -0.25) is 15.1 Å². The lowest BCUT2D eigenvalue weighted by Gasteiger charge is -2.12. The SMILES string of the molecule is O=C(NC(=NCCc1cnc[nH]1)Nc1ccc2cc[nH]c2c1)c1cccc(Cl)c1. The maximum absolute atomic E-state index is 12.6. The van der Waals surface area contributed by atoms with E-state index in [-0.39, 0.29) is 5.91 Å². The summed E-state index contributed by atoms with van der Waals surface area (Å²) in [6.07, 6.45) is 5.94. The van der Waals surface area contributed by atoms with Gasteiger partial charge in [0.1, 0.15) is 0 Å². The molecule has 0 aliphatic rings. The van der Waals surface area contributed by atoms with Crippen molar-refractivity contribution < 1.29 is 4.79 Å². The molecule has 0 unspecified atom stereocenters. The smallest absolute Gasteiger partial charge is 0.258 e. The number of fused-ring (bicyclic) bond motifs is 1. The summed E-state index contributed by atoms with van der Waals surface area (Å²) >= 11 is 6.00. The van der Waals surface area contributed by atoms with E-state index >= 15 is 0 Å². The van der Waals surface area contributed by atoms with Crippen molar-refractivity contribution in [2.24, 2.45) is 4.99 Å². The van der Waals surface area contributed by atoms with Gasteiger partial charge >= 0.3 is 0 Å². The van der Waals surface area contributed by atoms with Gasteiger partial charge in [0, 0.05) is 52.8 Å². The van der Waals surface area contributed by atoms with Crippen LogP contribution in [0.1, 0.15) is 16.1 Å². The van der Waals surface area contributed by atoms with Crippen molar-refractivity contribution in [3.8, 4) is 0 Å². The predicted molar refractivity (Wildman–Crippen MR) is 115 cm³/mol. The van der Waals surface area contributed by atoms with E-state index in [9.17, 15) is 4.79 Å². The number of guanidine groups is 1. The Labute approximate surface area is 172 Å². The number of aromatic nitrogens is 3. The predicted octanol–water partition coefficient (Wildman–Crippen LogP) is 3.99. The van der Waals surface area contributed by atoms with Gasteiger partial charge in [0.25, 0.3) is 5.91 Å². The van der Waals surface area contributed by atoms with Crippen LogP contribution in [-0.4, -0.2) is 33.4 Å². The van der Waals surface area contributed by atoms with E-state index in [0.29, 0.717) is 29.5 Å².